The normalized spacial score (nSPS) is 19.7. The molecule has 1 aliphatic rings. The van der Waals surface area contributed by atoms with E-state index in [4.69, 9.17) is 4.52 Å². The third-order valence-electron chi connectivity index (χ3n) is 5.36. The Bertz CT molecular complexity index is 737. The fourth-order valence-electron chi connectivity index (χ4n) is 3.59. The molecule has 1 aromatic heterocycles. The van der Waals surface area contributed by atoms with Crippen molar-refractivity contribution in [1.29, 1.82) is 0 Å². The third kappa shape index (κ3) is 3.55. The first-order valence-electron chi connectivity index (χ1n) is 8.98. The molecular formula is C20H27N3O2. The quantitative estimate of drug-likeness (QED) is 0.888. The van der Waals surface area contributed by atoms with E-state index in [0.717, 1.165) is 25.1 Å². The van der Waals surface area contributed by atoms with Crippen molar-refractivity contribution in [2.24, 2.45) is 5.41 Å². The Labute approximate surface area is 149 Å². The molecule has 1 unspecified atom stereocenters. The minimum Gasteiger partial charge on any atom is -0.359 e. The van der Waals surface area contributed by atoms with Gasteiger partial charge < -0.3 is 14.7 Å². The van der Waals surface area contributed by atoms with Crippen LogP contribution in [-0.4, -0.2) is 29.2 Å². The summed E-state index contributed by atoms with van der Waals surface area (Å²) in [6.07, 6.45) is 1.70. The molecule has 25 heavy (non-hydrogen) atoms. The Hall–Kier alpha value is -2.30. The largest absolute Gasteiger partial charge is 0.359 e. The maximum Gasteiger partial charge on any atom is 0.322 e. The van der Waals surface area contributed by atoms with Crippen LogP contribution in [0.2, 0.25) is 0 Å². The molecule has 5 heteroatoms. The average Bonchev–Trinajstić information content (AvgIpc) is 2.95. The fourth-order valence-corrected chi connectivity index (χ4v) is 3.59. The average molecular weight is 341 g/mol. The molecule has 3 rings (SSSR count). The van der Waals surface area contributed by atoms with Crippen LogP contribution in [0.5, 0.6) is 0 Å². The fraction of sp³-hybridized carbons (Fsp3) is 0.500. The summed E-state index contributed by atoms with van der Waals surface area (Å²) in [7, 11) is 0. The molecular weight excluding hydrogens is 314 g/mol. The Morgan fingerprint density at radius 3 is 2.76 bits per heavy atom. The van der Waals surface area contributed by atoms with E-state index in [-0.39, 0.29) is 11.4 Å². The van der Waals surface area contributed by atoms with Gasteiger partial charge >= 0.3 is 6.03 Å². The number of urea groups is 1. The zero-order valence-corrected chi connectivity index (χ0v) is 15.5. The van der Waals surface area contributed by atoms with Gasteiger partial charge in [0.05, 0.1) is 0 Å². The number of hydrogen-bond acceptors (Lipinski definition) is 3. The van der Waals surface area contributed by atoms with Gasteiger partial charge in [0.2, 0.25) is 0 Å². The summed E-state index contributed by atoms with van der Waals surface area (Å²) >= 11 is 0. The van der Waals surface area contributed by atoms with Crippen LogP contribution in [0.3, 0.4) is 0 Å². The van der Waals surface area contributed by atoms with Crippen LogP contribution in [0.15, 0.2) is 34.9 Å². The predicted molar refractivity (Wildman–Crippen MR) is 98.8 cm³/mol. The van der Waals surface area contributed by atoms with Crippen molar-refractivity contribution < 1.29 is 9.32 Å². The van der Waals surface area contributed by atoms with Crippen molar-refractivity contribution >= 4 is 11.7 Å². The molecule has 0 radical (unpaired) electrons. The Kier molecular flexibility index (Phi) is 4.84. The number of likely N-dealkylation sites (tertiary alicyclic amines) is 1. The molecule has 0 bridgehead atoms. The lowest BCUT2D eigenvalue weighted by Gasteiger charge is -2.44. The summed E-state index contributed by atoms with van der Waals surface area (Å²) in [6, 6.07) is 10.4. The number of aromatic nitrogens is 1. The number of anilines is 1. The summed E-state index contributed by atoms with van der Waals surface area (Å²) < 4.78 is 5.22. The number of piperidine rings is 1. The molecule has 5 nitrogen and oxygen atoms in total. The summed E-state index contributed by atoms with van der Waals surface area (Å²) in [5, 5.41) is 7.02. The van der Waals surface area contributed by atoms with E-state index >= 15 is 0 Å². The SMILES string of the molecule is CCc1noc(C)c1NC(=O)N1CCC(C)(C)C(c2ccccc2)C1. The topological polar surface area (TPSA) is 58.4 Å². The molecule has 134 valence electrons. The lowest BCUT2D eigenvalue weighted by atomic mass is 9.70. The molecule has 1 aliphatic heterocycles. The molecule has 2 amide bonds. The van der Waals surface area contributed by atoms with E-state index in [2.05, 4.69) is 48.6 Å². The second-order valence-corrected chi connectivity index (χ2v) is 7.49. The zero-order valence-electron chi connectivity index (χ0n) is 15.5. The number of hydrogen-bond donors (Lipinski definition) is 1. The summed E-state index contributed by atoms with van der Waals surface area (Å²) in [5.41, 5.74) is 2.97. The lowest BCUT2D eigenvalue weighted by Crippen LogP contribution is -2.47. The number of nitrogens with one attached hydrogen (secondary N) is 1. The minimum atomic E-state index is -0.0718. The second kappa shape index (κ2) is 6.90. The molecule has 1 atom stereocenters. The number of amides is 2. The van der Waals surface area contributed by atoms with Gasteiger partial charge in [0.25, 0.3) is 0 Å². The third-order valence-corrected chi connectivity index (χ3v) is 5.36. The molecule has 0 saturated carbocycles. The van der Waals surface area contributed by atoms with Crippen LogP contribution in [0.1, 0.15) is 50.1 Å². The number of rotatable bonds is 3. The van der Waals surface area contributed by atoms with Crippen LogP contribution in [0.25, 0.3) is 0 Å². The number of aryl methyl sites for hydroxylation is 2. The Morgan fingerprint density at radius 2 is 2.08 bits per heavy atom. The highest BCUT2D eigenvalue weighted by atomic mass is 16.5. The highest BCUT2D eigenvalue weighted by molar-refractivity contribution is 5.90. The van der Waals surface area contributed by atoms with Gasteiger partial charge in [-0.1, -0.05) is 56.3 Å². The van der Waals surface area contributed by atoms with Crippen molar-refractivity contribution in [3.8, 4) is 0 Å². The summed E-state index contributed by atoms with van der Waals surface area (Å²) in [6.45, 7) is 9.89. The molecule has 2 heterocycles. The van der Waals surface area contributed by atoms with Crippen molar-refractivity contribution in [1.82, 2.24) is 10.1 Å². The smallest absolute Gasteiger partial charge is 0.322 e. The number of carbonyl (C=O) groups excluding carboxylic acids is 1. The van der Waals surface area contributed by atoms with Gasteiger partial charge in [-0.15, -0.1) is 0 Å². The van der Waals surface area contributed by atoms with E-state index in [1.807, 2.05) is 24.8 Å². The monoisotopic (exact) mass is 341 g/mol. The van der Waals surface area contributed by atoms with Crippen LogP contribution in [0, 0.1) is 12.3 Å². The maximum absolute atomic E-state index is 12.8. The van der Waals surface area contributed by atoms with Crippen molar-refractivity contribution in [2.45, 2.75) is 46.5 Å². The van der Waals surface area contributed by atoms with E-state index in [0.29, 0.717) is 23.9 Å². The standard InChI is InChI=1S/C20H27N3O2/c1-5-17-18(14(2)25-22-17)21-19(24)23-12-11-20(3,4)16(13-23)15-9-7-6-8-10-15/h6-10,16H,5,11-13H2,1-4H3,(H,21,24). The highest BCUT2D eigenvalue weighted by Gasteiger charge is 2.38. The predicted octanol–water partition coefficient (Wildman–Crippen LogP) is 4.59. The van der Waals surface area contributed by atoms with Gasteiger partial charge in [0.1, 0.15) is 11.4 Å². The maximum atomic E-state index is 12.8. The van der Waals surface area contributed by atoms with Gasteiger partial charge in [-0.05, 0) is 30.7 Å². The molecule has 0 aliphatic carbocycles. The molecule has 2 aromatic rings. The summed E-state index contributed by atoms with van der Waals surface area (Å²) in [5.74, 6) is 0.976. The van der Waals surface area contributed by atoms with Gasteiger partial charge in [0, 0.05) is 19.0 Å². The van der Waals surface area contributed by atoms with Crippen LogP contribution >= 0.6 is 0 Å². The van der Waals surface area contributed by atoms with Crippen LogP contribution in [-0.2, 0) is 6.42 Å². The minimum absolute atomic E-state index is 0.0718. The van der Waals surface area contributed by atoms with E-state index in [1.165, 1.54) is 5.56 Å². The summed E-state index contributed by atoms with van der Waals surface area (Å²) in [4.78, 5) is 14.7. The van der Waals surface area contributed by atoms with E-state index in [9.17, 15) is 4.79 Å². The van der Waals surface area contributed by atoms with Crippen LogP contribution in [0.4, 0.5) is 10.5 Å². The van der Waals surface area contributed by atoms with E-state index < -0.39 is 0 Å². The van der Waals surface area contributed by atoms with E-state index in [1.54, 1.807) is 0 Å². The number of carbonyl (C=O) groups is 1. The molecule has 0 spiro atoms. The van der Waals surface area contributed by atoms with Crippen molar-refractivity contribution in [2.75, 3.05) is 18.4 Å². The molecule has 1 aromatic carbocycles. The highest BCUT2D eigenvalue weighted by Crippen LogP contribution is 2.42. The van der Waals surface area contributed by atoms with Gasteiger partial charge in [-0.25, -0.2) is 4.79 Å². The lowest BCUT2D eigenvalue weighted by molar-refractivity contribution is 0.124. The number of benzene rings is 1. The van der Waals surface area contributed by atoms with Crippen molar-refractivity contribution in [3.05, 3.63) is 47.3 Å². The zero-order chi connectivity index (χ0) is 18.0. The first-order chi connectivity index (χ1) is 11.9. The first kappa shape index (κ1) is 17.5. The van der Waals surface area contributed by atoms with Gasteiger partial charge in [0.15, 0.2) is 5.76 Å². The second-order valence-electron chi connectivity index (χ2n) is 7.49. The van der Waals surface area contributed by atoms with Crippen molar-refractivity contribution in [3.63, 3.8) is 0 Å². The number of nitrogens with zero attached hydrogens (tertiary/aromatic N) is 2. The first-order valence-corrected chi connectivity index (χ1v) is 8.98. The molecule has 1 N–H and O–H groups in total. The van der Waals surface area contributed by atoms with Gasteiger partial charge in [-0.3, -0.25) is 0 Å². The Balaban J connectivity index is 1.77. The Morgan fingerprint density at radius 1 is 1.36 bits per heavy atom. The molecule has 1 saturated heterocycles. The molecule has 1 fully saturated rings. The van der Waals surface area contributed by atoms with Crippen LogP contribution < -0.4 is 5.32 Å². The van der Waals surface area contributed by atoms with Gasteiger partial charge in [-0.2, -0.15) is 0 Å².